The summed E-state index contributed by atoms with van der Waals surface area (Å²) in [7, 11) is -3.48. The highest BCUT2D eigenvalue weighted by atomic mass is 32.2. The summed E-state index contributed by atoms with van der Waals surface area (Å²) in [5.74, 6) is 0. The Hall–Kier alpha value is -1.42. The molecular formula is C12H14N2O3S. The van der Waals surface area contributed by atoms with E-state index in [4.69, 9.17) is 10.00 Å². The van der Waals surface area contributed by atoms with Crippen LogP contribution in [-0.4, -0.2) is 38.5 Å². The van der Waals surface area contributed by atoms with Crippen molar-refractivity contribution in [3.05, 3.63) is 29.8 Å². The fourth-order valence-corrected chi connectivity index (χ4v) is 3.35. The van der Waals surface area contributed by atoms with Crippen LogP contribution in [0, 0.1) is 11.3 Å². The Kier molecular flexibility index (Phi) is 3.66. The standard InChI is InChI=1S/C12H14N2O3S/c1-10-9-14(6-7-17-10)18(15,16)12-4-2-11(8-13)3-5-12/h2-5,10H,6-7,9H2,1H3/t10-/m0/s1. The molecule has 0 bridgehead atoms. The van der Waals surface area contributed by atoms with Crippen LogP contribution in [0.5, 0.6) is 0 Å². The molecule has 1 saturated heterocycles. The van der Waals surface area contributed by atoms with Crippen LogP contribution >= 0.6 is 0 Å². The molecule has 0 spiro atoms. The van der Waals surface area contributed by atoms with Gasteiger partial charge in [-0.3, -0.25) is 0 Å². The summed E-state index contributed by atoms with van der Waals surface area (Å²) >= 11 is 0. The van der Waals surface area contributed by atoms with E-state index in [1.165, 1.54) is 28.6 Å². The summed E-state index contributed by atoms with van der Waals surface area (Å²) in [5, 5.41) is 8.69. The number of morpholine rings is 1. The van der Waals surface area contributed by atoms with E-state index in [1.807, 2.05) is 13.0 Å². The molecule has 0 aliphatic carbocycles. The Balaban J connectivity index is 2.27. The highest BCUT2D eigenvalue weighted by molar-refractivity contribution is 7.89. The van der Waals surface area contributed by atoms with E-state index in [0.29, 0.717) is 25.3 Å². The van der Waals surface area contributed by atoms with E-state index < -0.39 is 10.0 Å². The van der Waals surface area contributed by atoms with Gasteiger partial charge < -0.3 is 4.74 Å². The van der Waals surface area contributed by atoms with Crippen molar-refractivity contribution >= 4 is 10.0 Å². The van der Waals surface area contributed by atoms with Crippen LogP contribution in [0.2, 0.25) is 0 Å². The van der Waals surface area contributed by atoms with Gasteiger partial charge in [-0.15, -0.1) is 0 Å². The average Bonchev–Trinajstić information content (AvgIpc) is 2.39. The maximum atomic E-state index is 12.3. The number of nitrogens with zero attached hydrogens (tertiary/aromatic N) is 2. The summed E-state index contributed by atoms with van der Waals surface area (Å²) in [6.07, 6.45) is -0.0908. The van der Waals surface area contributed by atoms with Crippen molar-refractivity contribution in [3.8, 4) is 6.07 Å². The van der Waals surface area contributed by atoms with E-state index in [9.17, 15) is 8.42 Å². The summed E-state index contributed by atoms with van der Waals surface area (Å²) in [5.41, 5.74) is 0.448. The topological polar surface area (TPSA) is 70.4 Å². The molecule has 1 atom stereocenters. The van der Waals surface area contributed by atoms with Crippen molar-refractivity contribution in [2.75, 3.05) is 19.7 Å². The first kappa shape index (κ1) is 13.0. The smallest absolute Gasteiger partial charge is 0.243 e. The SMILES string of the molecule is C[C@H]1CN(S(=O)(=O)c2ccc(C#N)cc2)CCO1. The van der Waals surface area contributed by atoms with Crippen LogP contribution in [0.3, 0.4) is 0 Å². The second-order valence-electron chi connectivity index (χ2n) is 4.18. The normalized spacial score (nSPS) is 21.4. The van der Waals surface area contributed by atoms with Crippen LogP contribution in [0.15, 0.2) is 29.2 Å². The van der Waals surface area contributed by atoms with Crippen LogP contribution in [-0.2, 0) is 14.8 Å². The summed E-state index contributed by atoms with van der Waals surface area (Å²) < 4.78 is 31.4. The molecule has 0 amide bonds. The fraction of sp³-hybridized carbons (Fsp3) is 0.417. The Labute approximate surface area is 107 Å². The van der Waals surface area contributed by atoms with Crippen molar-refractivity contribution in [2.24, 2.45) is 0 Å². The third-order valence-corrected chi connectivity index (χ3v) is 4.70. The number of sulfonamides is 1. The Morgan fingerprint density at radius 2 is 2.06 bits per heavy atom. The van der Waals surface area contributed by atoms with Gasteiger partial charge in [0.1, 0.15) is 0 Å². The molecule has 5 nitrogen and oxygen atoms in total. The molecular weight excluding hydrogens is 252 g/mol. The molecule has 2 rings (SSSR count). The van der Waals surface area contributed by atoms with Gasteiger partial charge in [0.15, 0.2) is 0 Å². The third-order valence-electron chi connectivity index (χ3n) is 2.82. The van der Waals surface area contributed by atoms with Crippen molar-refractivity contribution in [2.45, 2.75) is 17.9 Å². The van der Waals surface area contributed by atoms with Crippen LogP contribution in [0.4, 0.5) is 0 Å². The molecule has 0 N–H and O–H groups in total. The third kappa shape index (κ3) is 2.53. The largest absolute Gasteiger partial charge is 0.376 e. The molecule has 0 saturated carbocycles. The van der Waals surface area contributed by atoms with Gasteiger partial charge in [0.05, 0.1) is 29.2 Å². The summed E-state index contributed by atoms with van der Waals surface area (Å²) in [6.45, 7) is 2.99. The van der Waals surface area contributed by atoms with E-state index in [-0.39, 0.29) is 11.0 Å². The van der Waals surface area contributed by atoms with E-state index in [0.717, 1.165) is 0 Å². The van der Waals surface area contributed by atoms with Gasteiger partial charge in [0.25, 0.3) is 0 Å². The van der Waals surface area contributed by atoms with Gasteiger partial charge in [-0.25, -0.2) is 8.42 Å². The van der Waals surface area contributed by atoms with Gasteiger partial charge in [0, 0.05) is 13.1 Å². The first-order valence-corrected chi connectivity index (χ1v) is 7.10. The van der Waals surface area contributed by atoms with Gasteiger partial charge in [-0.1, -0.05) is 0 Å². The minimum absolute atomic E-state index is 0.0908. The lowest BCUT2D eigenvalue weighted by Gasteiger charge is -2.30. The Morgan fingerprint density at radius 1 is 1.39 bits per heavy atom. The van der Waals surface area contributed by atoms with Gasteiger partial charge in [0.2, 0.25) is 10.0 Å². The molecule has 1 heterocycles. The molecule has 0 radical (unpaired) electrons. The lowest BCUT2D eigenvalue weighted by molar-refractivity contribution is 0.0102. The summed E-state index contributed by atoms with van der Waals surface area (Å²) in [6, 6.07) is 7.92. The number of rotatable bonds is 2. The molecule has 96 valence electrons. The molecule has 18 heavy (non-hydrogen) atoms. The molecule has 1 fully saturated rings. The highest BCUT2D eigenvalue weighted by Gasteiger charge is 2.28. The number of hydrogen-bond acceptors (Lipinski definition) is 4. The number of hydrogen-bond donors (Lipinski definition) is 0. The van der Waals surface area contributed by atoms with Gasteiger partial charge in [-0.2, -0.15) is 9.57 Å². The lowest BCUT2D eigenvalue weighted by atomic mass is 10.2. The first-order valence-electron chi connectivity index (χ1n) is 5.66. The molecule has 1 aliphatic heterocycles. The molecule has 6 heteroatoms. The van der Waals surface area contributed by atoms with Gasteiger partial charge >= 0.3 is 0 Å². The van der Waals surface area contributed by atoms with Crippen molar-refractivity contribution in [1.82, 2.24) is 4.31 Å². The fourth-order valence-electron chi connectivity index (χ4n) is 1.86. The van der Waals surface area contributed by atoms with Crippen LogP contribution < -0.4 is 0 Å². The Bertz CT molecular complexity index is 560. The number of ether oxygens (including phenoxy) is 1. The maximum Gasteiger partial charge on any atom is 0.243 e. The van der Waals surface area contributed by atoms with E-state index in [2.05, 4.69) is 0 Å². The quantitative estimate of drug-likeness (QED) is 0.799. The minimum atomic E-state index is -3.48. The van der Waals surface area contributed by atoms with E-state index in [1.54, 1.807) is 0 Å². The zero-order chi connectivity index (χ0) is 13.2. The number of nitriles is 1. The minimum Gasteiger partial charge on any atom is -0.376 e. The molecule has 0 unspecified atom stereocenters. The second-order valence-corrected chi connectivity index (χ2v) is 6.12. The van der Waals surface area contributed by atoms with Crippen LogP contribution in [0.1, 0.15) is 12.5 Å². The Morgan fingerprint density at radius 3 is 2.61 bits per heavy atom. The molecule has 1 aliphatic rings. The molecule has 1 aromatic rings. The van der Waals surface area contributed by atoms with Crippen LogP contribution in [0.25, 0.3) is 0 Å². The van der Waals surface area contributed by atoms with E-state index >= 15 is 0 Å². The van der Waals surface area contributed by atoms with Crippen molar-refractivity contribution in [3.63, 3.8) is 0 Å². The second kappa shape index (κ2) is 5.06. The predicted octanol–water partition coefficient (Wildman–Crippen LogP) is 0.968. The van der Waals surface area contributed by atoms with Crippen molar-refractivity contribution in [1.29, 1.82) is 5.26 Å². The maximum absolute atomic E-state index is 12.3. The monoisotopic (exact) mass is 266 g/mol. The zero-order valence-corrected chi connectivity index (χ0v) is 10.9. The van der Waals surface area contributed by atoms with Crippen molar-refractivity contribution < 1.29 is 13.2 Å². The lowest BCUT2D eigenvalue weighted by Crippen LogP contribution is -2.44. The molecule has 0 aromatic heterocycles. The average molecular weight is 266 g/mol. The number of benzene rings is 1. The molecule has 1 aromatic carbocycles. The highest BCUT2D eigenvalue weighted by Crippen LogP contribution is 2.19. The summed E-state index contributed by atoms with van der Waals surface area (Å²) in [4.78, 5) is 0.218. The zero-order valence-electron chi connectivity index (χ0n) is 10.0. The first-order chi connectivity index (χ1) is 8.54. The van der Waals surface area contributed by atoms with Gasteiger partial charge in [-0.05, 0) is 31.2 Å². The predicted molar refractivity (Wildman–Crippen MR) is 65.3 cm³/mol.